The summed E-state index contributed by atoms with van der Waals surface area (Å²) >= 11 is 6.75. The smallest absolute Gasteiger partial charge is 0.320 e. The molecule has 9 heteroatoms. The van der Waals surface area contributed by atoms with Gasteiger partial charge in [-0.2, -0.15) is 13.2 Å². The average Bonchev–Trinajstić information content (AvgIpc) is 3.06. The average molecular weight is 384 g/mol. The molecule has 0 fully saturated rings. The van der Waals surface area contributed by atoms with Gasteiger partial charge in [-0.3, -0.25) is 4.79 Å². The van der Waals surface area contributed by atoms with Gasteiger partial charge in [0, 0.05) is 5.56 Å². The van der Waals surface area contributed by atoms with Crippen LogP contribution in [-0.2, 0) is 6.18 Å². The lowest BCUT2D eigenvalue weighted by molar-refractivity contribution is -0.137. The van der Waals surface area contributed by atoms with Crippen molar-refractivity contribution in [3.05, 3.63) is 64.0 Å². The van der Waals surface area contributed by atoms with E-state index in [4.69, 9.17) is 11.6 Å². The molecule has 3 aromatic rings. The number of alkyl halides is 3. The summed E-state index contributed by atoms with van der Waals surface area (Å²) in [5.74, 6) is -0.630. The minimum Gasteiger partial charge on any atom is -0.320 e. The van der Waals surface area contributed by atoms with Gasteiger partial charge in [-0.25, -0.2) is 0 Å². The molecule has 1 aromatic heterocycles. The fourth-order valence-electron chi connectivity index (χ4n) is 2.10. The van der Waals surface area contributed by atoms with Crippen molar-refractivity contribution in [3.8, 4) is 11.3 Å². The first kappa shape index (κ1) is 17.4. The Morgan fingerprint density at radius 2 is 1.84 bits per heavy atom. The molecule has 0 atom stereocenters. The lowest BCUT2D eigenvalue weighted by Crippen LogP contribution is -2.13. The van der Waals surface area contributed by atoms with E-state index in [0.717, 1.165) is 29.7 Å². The normalized spacial score (nSPS) is 11.4. The lowest BCUT2D eigenvalue weighted by Gasteiger charge is -2.11. The van der Waals surface area contributed by atoms with Gasteiger partial charge in [-0.15, -0.1) is 5.10 Å². The Hall–Kier alpha value is -2.45. The van der Waals surface area contributed by atoms with Crippen LogP contribution in [0.4, 0.5) is 18.9 Å². The molecule has 0 unspecified atom stereocenters. The highest BCUT2D eigenvalue weighted by atomic mass is 35.5. The molecular weight excluding hydrogens is 375 g/mol. The lowest BCUT2D eigenvalue weighted by atomic mass is 10.1. The maximum absolute atomic E-state index is 12.8. The van der Waals surface area contributed by atoms with Crippen molar-refractivity contribution in [1.82, 2.24) is 9.59 Å². The van der Waals surface area contributed by atoms with Crippen molar-refractivity contribution in [2.45, 2.75) is 6.18 Å². The third-order valence-corrected chi connectivity index (χ3v) is 4.34. The number of anilines is 1. The highest BCUT2D eigenvalue weighted by molar-refractivity contribution is 7.08. The van der Waals surface area contributed by atoms with Crippen LogP contribution in [0.3, 0.4) is 0 Å². The second-order valence-electron chi connectivity index (χ2n) is 4.96. The van der Waals surface area contributed by atoms with Crippen molar-refractivity contribution in [2.24, 2.45) is 0 Å². The molecule has 3 rings (SSSR count). The minimum absolute atomic E-state index is 0.0000793. The Morgan fingerprint density at radius 3 is 2.52 bits per heavy atom. The number of amides is 1. The molecule has 4 nitrogen and oxygen atoms in total. The molecule has 0 saturated heterocycles. The zero-order chi connectivity index (χ0) is 18.0. The van der Waals surface area contributed by atoms with E-state index in [2.05, 4.69) is 14.9 Å². The van der Waals surface area contributed by atoms with Crippen LogP contribution < -0.4 is 5.32 Å². The van der Waals surface area contributed by atoms with Gasteiger partial charge in [0.25, 0.3) is 5.91 Å². The summed E-state index contributed by atoms with van der Waals surface area (Å²) in [5, 5.41) is 6.32. The van der Waals surface area contributed by atoms with Gasteiger partial charge in [0.15, 0.2) is 0 Å². The van der Waals surface area contributed by atoms with Gasteiger partial charge >= 0.3 is 6.18 Å². The minimum atomic E-state index is -4.54. The van der Waals surface area contributed by atoms with Crippen LogP contribution in [0, 0.1) is 0 Å². The van der Waals surface area contributed by atoms with Crippen LogP contribution in [0.5, 0.6) is 0 Å². The van der Waals surface area contributed by atoms with Crippen molar-refractivity contribution in [2.75, 3.05) is 5.32 Å². The third kappa shape index (κ3) is 3.80. The molecule has 0 bridgehead atoms. The van der Waals surface area contributed by atoms with Gasteiger partial charge in [-0.1, -0.05) is 46.4 Å². The van der Waals surface area contributed by atoms with Gasteiger partial charge < -0.3 is 5.32 Å². The molecule has 0 radical (unpaired) electrons. The molecule has 1 N–H and O–H groups in total. The van der Waals surface area contributed by atoms with E-state index in [-0.39, 0.29) is 15.6 Å². The SMILES string of the molecule is O=C(Nc1cc(C(F)(F)F)ccc1Cl)c1snnc1-c1ccccc1. The number of hydrogen-bond donors (Lipinski definition) is 1. The molecule has 2 aromatic carbocycles. The van der Waals surface area contributed by atoms with Crippen molar-refractivity contribution in [1.29, 1.82) is 0 Å². The molecule has 0 spiro atoms. The third-order valence-electron chi connectivity index (χ3n) is 3.28. The summed E-state index contributed by atoms with van der Waals surface area (Å²) in [6.07, 6.45) is -4.54. The van der Waals surface area contributed by atoms with E-state index in [1.54, 1.807) is 24.3 Å². The summed E-state index contributed by atoms with van der Waals surface area (Å²) in [6.45, 7) is 0. The molecule has 1 amide bonds. The standard InChI is InChI=1S/C16H9ClF3N3OS/c17-11-7-6-10(16(18,19)20)8-12(11)21-15(24)14-13(22-23-25-14)9-4-2-1-3-5-9/h1-8H,(H,21,24). The Morgan fingerprint density at radius 1 is 1.12 bits per heavy atom. The predicted octanol–water partition coefficient (Wildman–Crippen LogP) is 5.13. The zero-order valence-electron chi connectivity index (χ0n) is 12.3. The maximum atomic E-state index is 12.8. The number of rotatable bonds is 3. The van der Waals surface area contributed by atoms with Crippen LogP contribution in [0.2, 0.25) is 5.02 Å². The zero-order valence-corrected chi connectivity index (χ0v) is 13.9. The summed E-state index contributed by atoms with van der Waals surface area (Å²) < 4.78 is 42.2. The quantitative estimate of drug-likeness (QED) is 0.682. The van der Waals surface area contributed by atoms with Crippen molar-refractivity contribution >= 4 is 34.7 Å². The number of benzene rings is 2. The Kier molecular flexibility index (Phi) is 4.73. The molecule has 128 valence electrons. The second-order valence-corrected chi connectivity index (χ2v) is 6.12. The number of carbonyl (C=O) groups excluding carboxylic acids is 1. The molecule has 1 heterocycles. The molecule has 0 aliphatic carbocycles. The predicted molar refractivity (Wildman–Crippen MR) is 89.8 cm³/mol. The first-order valence-corrected chi connectivity index (χ1v) is 8.07. The van der Waals surface area contributed by atoms with Gasteiger partial charge in [0.05, 0.1) is 16.3 Å². The van der Waals surface area contributed by atoms with Gasteiger partial charge in [0.1, 0.15) is 10.6 Å². The number of aromatic nitrogens is 2. The topological polar surface area (TPSA) is 54.9 Å². The molecule has 0 aliphatic rings. The number of nitrogens with zero attached hydrogens (tertiary/aromatic N) is 2. The van der Waals surface area contributed by atoms with Crippen LogP contribution >= 0.6 is 23.1 Å². The molecular formula is C16H9ClF3N3OS. The number of nitrogens with one attached hydrogen (secondary N) is 1. The Labute approximate surface area is 149 Å². The monoisotopic (exact) mass is 383 g/mol. The highest BCUT2D eigenvalue weighted by Crippen LogP contribution is 2.34. The van der Waals surface area contributed by atoms with E-state index >= 15 is 0 Å². The number of halogens is 4. The van der Waals surface area contributed by atoms with Gasteiger partial charge in [-0.05, 0) is 29.7 Å². The van der Waals surface area contributed by atoms with Crippen molar-refractivity contribution in [3.63, 3.8) is 0 Å². The first-order chi connectivity index (χ1) is 11.9. The first-order valence-electron chi connectivity index (χ1n) is 6.92. The summed E-state index contributed by atoms with van der Waals surface area (Å²) in [7, 11) is 0. The second kappa shape index (κ2) is 6.81. The number of hydrogen-bond acceptors (Lipinski definition) is 4. The van der Waals surface area contributed by atoms with E-state index < -0.39 is 17.6 Å². The summed E-state index contributed by atoms with van der Waals surface area (Å²) in [4.78, 5) is 12.6. The molecule has 0 aliphatic heterocycles. The summed E-state index contributed by atoms with van der Waals surface area (Å²) in [6, 6.07) is 11.6. The number of carbonyl (C=O) groups is 1. The van der Waals surface area contributed by atoms with Crippen molar-refractivity contribution < 1.29 is 18.0 Å². The van der Waals surface area contributed by atoms with Gasteiger partial charge in [0.2, 0.25) is 0 Å². The molecule has 25 heavy (non-hydrogen) atoms. The van der Waals surface area contributed by atoms with Crippen LogP contribution in [0.15, 0.2) is 48.5 Å². The van der Waals surface area contributed by atoms with Crippen LogP contribution in [0.1, 0.15) is 15.2 Å². The molecule has 0 saturated carbocycles. The fraction of sp³-hybridized carbons (Fsp3) is 0.0625. The van der Waals surface area contributed by atoms with E-state index in [9.17, 15) is 18.0 Å². The van der Waals surface area contributed by atoms with E-state index in [0.29, 0.717) is 11.3 Å². The highest BCUT2D eigenvalue weighted by Gasteiger charge is 2.31. The Balaban J connectivity index is 1.91. The maximum Gasteiger partial charge on any atom is 0.416 e. The fourth-order valence-corrected chi connectivity index (χ4v) is 2.85. The summed E-state index contributed by atoms with van der Waals surface area (Å²) in [5.41, 5.74) is -0.00504. The Bertz CT molecular complexity index is 912. The van der Waals surface area contributed by atoms with Crippen LogP contribution in [0.25, 0.3) is 11.3 Å². The van der Waals surface area contributed by atoms with E-state index in [1.165, 1.54) is 0 Å². The van der Waals surface area contributed by atoms with E-state index in [1.807, 2.05) is 6.07 Å². The largest absolute Gasteiger partial charge is 0.416 e. The van der Waals surface area contributed by atoms with Crippen LogP contribution in [-0.4, -0.2) is 15.5 Å².